The number of carbonyl (C=O) groups is 1. The zero-order valence-corrected chi connectivity index (χ0v) is 16.4. The van der Waals surface area contributed by atoms with E-state index in [1.54, 1.807) is 18.5 Å². The molecule has 142 valence electrons. The van der Waals surface area contributed by atoms with Crippen LogP contribution in [0.25, 0.3) is 0 Å². The molecule has 0 spiro atoms. The Bertz CT molecular complexity index is 678. The van der Waals surface area contributed by atoms with Gasteiger partial charge in [-0.15, -0.1) is 24.8 Å². The lowest BCUT2D eigenvalue weighted by atomic mass is 10.1. The van der Waals surface area contributed by atoms with Crippen LogP contribution in [0.5, 0.6) is 0 Å². The van der Waals surface area contributed by atoms with Gasteiger partial charge in [0.2, 0.25) is 0 Å². The number of halogens is 2. The van der Waals surface area contributed by atoms with Gasteiger partial charge in [0.05, 0.1) is 0 Å². The monoisotopic (exact) mass is 397 g/mol. The zero-order valence-electron chi connectivity index (χ0n) is 14.8. The third kappa shape index (κ3) is 5.90. The summed E-state index contributed by atoms with van der Waals surface area (Å²) in [6.45, 7) is 4.36. The highest BCUT2D eigenvalue weighted by molar-refractivity contribution is 5.92. The van der Waals surface area contributed by atoms with Crippen molar-refractivity contribution in [2.75, 3.05) is 13.1 Å². The van der Waals surface area contributed by atoms with Crippen LogP contribution in [-0.2, 0) is 6.54 Å². The van der Waals surface area contributed by atoms with Crippen molar-refractivity contribution in [3.63, 3.8) is 0 Å². The zero-order chi connectivity index (χ0) is 16.8. The van der Waals surface area contributed by atoms with E-state index in [1.165, 1.54) is 6.33 Å². The molecule has 26 heavy (non-hydrogen) atoms. The minimum Gasteiger partial charge on any atom is -0.330 e. The minimum absolute atomic E-state index is 0. The summed E-state index contributed by atoms with van der Waals surface area (Å²) in [7, 11) is 0. The molecule has 1 atom stereocenters. The lowest BCUT2D eigenvalue weighted by Gasteiger charge is -2.31. The topological polar surface area (TPSA) is 71.0 Å². The van der Waals surface area contributed by atoms with Crippen LogP contribution in [0.1, 0.15) is 41.0 Å². The second-order valence-corrected chi connectivity index (χ2v) is 6.18. The van der Waals surface area contributed by atoms with Crippen LogP contribution in [0.15, 0.2) is 36.9 Å². The molecule has 1 fully saturated rings. The summed E-state index contributed by atoms with van der Waals surface area (Å²) >= 11 is 0. The molecule has 6 nitrogen and oxygen atoms in total. The van der Waals surface area contributed by atoms with Crippen molar-refractivity contribution in [3.8, 4) is 0 Å². The van der Waals surface area contributed by atoms with Crippen LogP contribution in [0.4, 0.5) is 0 Å². The van der Waals surface area contributed by atoms with Gasteiger partial charge >= 0.3 is 0 Å². The van der Waals surface area contributed by atoms with E-state index in [-0.39, 0.29) is 36.8 Å². The molecule has 0 radical (unpaired) electrons. The number of hydrogen-bond acceptors (Lipinski definition) is 5. The third-order valence-electron chi connectivity index (χ3n) is 4.32. The maximum atomic E-state index is 13.1. The average Bonchev–Trinajstić information content (AvgIpc) is 2.89. The molecule has 0 aliphatic carbocycles. The fourth-order valence-electron chi connectivity index (χ4n) is 3.10. The van der Waals surface area contributed by atoms with Crippen LogP contribution in [0, 0.1) is 6.92 Å². The molecule has 3 heterocycles. The van der Waals surface area contributed by atoms with Gasteiger partial charge in [0.25, 0.3) is 5.91 Å². The van der Waals surface area contributed by atoms with Crippen LogP contribution in [0.3, 0.4) is 0 Å². The predicted molar refractivity (Wildman–Crippen MR) is 106 cm³/mol. The van der Waals surface area contributed by atoms with Gasteiger partial charge in [-0.05, 0) is 51.4 Å². The highest BCUT2D eigenvalue weighted by Crippen LogP contribution is 2.19. The molecule has 0 aromatic carbocycles. The Morgan fingerprint density at radius 2 is 1.96 bits per heavy atom. The summed E-state index contributed by atoms with van der Waals surface area (Å²) in [5.74, 6) is -0.0190. The van der Waals surface area contributed by atoms with Crippen molar-refractivity contribution >= 4 is 30.7 Å². The quantitative estimate of drug-likeness (QED) is 0.858. The third-order valence-corrected chi connectivity index (χ3v) is 4.32. The fraction of sp³-hybridized carbons (Fsp3) is 0.444. The fourth-order valence-corrected chi connectivity index (χ4v) is 3.10. The summed E-state index contributed by atoms with van der Waals surface area (Å²) in [5, 5.41) is 3.41. The predicted octanol–water partition coefficient (Wildman–Crippen LogP) is 2.81. The molecule has 8 heteroatoms. The van der Waals surface area contributed by atoms with Gasteiger partial charge in [0.15, 0.2) is 0 Å². The van der Waals surface area contributed by atoms with Crippen molar-refractivity contribution in [1.82, 2.24) is 25.2 Å². The van der Waals surface area contributed by atoms with Crippen molar-refractivity contribution in [2.24, 2.45) is 0 Å². The summed E-state index contributed by atoms with van der Waals surface area (Å²) < 4.78 is 0. The molecule has 1 saturated heterocycles. The Hall–Kier alpha value is -1.76. The molecular weight excluding hydrogens is 373 g/mol. The van der Waals surface area contributed by atoms with E-state index in [0.29, 0.717) is 12.2 Å². The number of pyridine rings is 1. The first kappa shape index (κ1) is 22.3. The molecule has 2 aromatic heterocycles. The highest BCUT2D eigenvalue weighted by atomic mass is 35.5. The van der Waals surface area contributed by atoms with E-state index in [9.17, 15) is 4.79 Å². The second kappa shape index (κ2) is 11.1. The number of carbonyl (C=O) groups excluding carboxylic acids is 1. The summed E-state index contributed by atoms with van der Waals surface area (Å²) in [5.41, 5.74) is 2.30. The van der Waals surface area contributed by atoms with E-state index in [0.717, 1.165) is 43.6 Å². The largest absolute Gasteiger partial charge is 0.330 e. The van der Waals surface area contributed by atoms with Crippen LogP contribution < -0.4 is 5.32 Å². The Morgan fingerprint density at radius 3 is 2.69 bits per heavy atom. The van der Waals surface area contributed by atoms with E-state index < -0.39 is 0 Å². The summed E-state index contributed by atoms with van der Waals surface area (Å²) in [6, 6.07) is 5.78. The van der Waals surface area contributed by atoms with E-state index in [2.05, 4.69) is 20.3 Å². The van der Waals surface area contributed by atoms with Crippen molar-refractivity contribution < 1.29 is 4.79 Å². The lowest BCUT2D eigenvalue weighted by Crippen LogP contribution is -2.40. The number of nitrogens with one attached hydrogen (secondary N) is 1. The Kier molecular flexibility index (Phi) is 9.48. The van der Waals surface area contributed by atoms with Gasteiger partial charge in [0, 0.05) is 36.2 Å². The first-order valence-corrected chi connectivity index (χ1v) is 8.43. The molecule has 3 rings (SSSR count). The minimum atomic E-state index is -0.0190. The molecule has 0 bridgehead atoms. The van der Waals surface area contributed by atoms with Crippen LogP contribution in [-0.4, -0.2) is 44.9 Å². The normalized spacial score (nSPS) is 16.6. The van der Waals surface area contributed by atoms with E-state index in [4.69, 9.17) is 0 Å². The van der Waals surface area contributed by atoms with Gasteiger partial charge in [-0.25, -0.2) is 15.0 Å². The number of aryl methyl sites for hydroxylation is 1. The maximum absolute atomic E-state index is 13.1. The van der Waals surface area contributed by atoms with E-state index >= 15 is 0 Å². The molecule has 1 aliphatic heterocycles. The molecule has 1 unspecified atom stereocenters. The maximum Gasteiger partial charge on any atom is 0.273 e. The molecule has 2 aromatic rings. The lowest BCUT2D eigenvalue weighted by molar-refractivity contribution is 0.0638. The first-order chi connectivity index (χ1) is 11.7. The SMILES string of the molecule is Cc1cccc(C(=O)N(Cc2cncnc2)C2CCCNCC2)n1.Cl.Cl. The molecule has 0 saturated carbocycles. The number of nitrogens with zero attached hydrogens (tertiary/aromatic N) is 4. The Morgan fingerprint density at radius 1 is 1.19 bits per heavy atom. The molecule has 1 N–H and O–H groups in total. The standard InChI is InChI=1S/C18H23N5O.2ClH/c1-14-4-2-6-17(22-14)18(24)23(12-15-10-20-13-21-11-15)16-5-3-8-19-9-7-16;;/h2,4,6,10-11,13,16,19H,3,5,7-9,12H2,1H3;2*1H. The van der Waals surface area contributed by atoms with Gasteiger partial charge in [-0.1, -0.05) is 6.07 Å². The number of hydrogen-bond donors (Lipinski definition) is 1. The first-order valence-electron chi connectivity index (χ1n) is 8.43. The van der Waals surface area contributed by atoms with Crippen LogP contribution >= 0.6 is 24.8 Å². The van der Waals surface area contributed by atoms with Gasteiger partial charge in [0.1, 0.15) is 12.0 Å². The highest BCUT2D eigenvalue weighted by Gasteiger charge is 2.26. The Labute approximate surface area is 166 Å². The molecule has 1 amide bonds. The van der Waals surface area contributed by atoms with Gasteiger partial charge in [-0.2, -0.15) is 0 Å². The number of rotatable bonds is 4. The summed E-state index contributed by atoms with van der Waals surface area (Å²) in [4.78, 5) is 27.6. The van der Waals surface area contributed by atoms with Crippen molar-refractivity contribution in [3.05, 3.63) is 53.9 Å². The number of amides is 1. The van der Waals surface area contributed by atoms with Crippen molar-refractivity contribution in [2.45, 2.75) is 38.8 Å². The smallest absolute Gasteiger partial charge is 0.273 e. The second-order valence-electron chi connectivity index (χ2n) is 6.18. The van der Waals surface area contributed by atoms with Gasteiger partial charge < -0.3 is 10.2 Å². The molecule has 1 aliphatic rings. The Balaban J connectivity index is 0.00000169. The van der Waals surface area contributed by atoms with Gasteiger partial charge in [-0.3, -0.25) is 4.79 Å². The summed E-state index contributed by atoms with van der Waals surface area (Å²) in [6.07, 6.45) is 8.07. The number of aromatic nitrogens is 3. The van der Waals surface area contributed by atoms with Crippen molar-refractivity contribution in [1.29, 1.82) is 0 Å². The van der Waals surface area contributed by atoms with Crippen LogP contribution in [0.2, 0.25) is 0 Å². The molecular formula is C18H25Cl2N5O. The van der Waals surface area contributed by atoms with E-state index in [1.807, 2.05) is 24.0 Å². The average molecular weight is 398 g/mol.